The Hall–Kier alpha value is -0.740. The van der Waals surface area contributed by atoms with Crippen LogP contribution < -0.4 is 5.32 Å². The molecule has 1 aliphatic carbocycles. The van der Waals surface area contributed by atoms with Gasteiger partial charge in [0.15, 0.2) is 0 Å². The van der Waals surface area contributed by atoms with Crippen molar-refractivity contribution in [2.45, 2.75) is 30.9 Å². The molecule has 0 unspecified atom stereocenters. The summed E-state index contributed by atoms with van der Waals surface area (Å²) < 4.78 is 38.2. The van der Waals surface area contributed by atoms with Crippen molar-refractivity contribution < 1.29 is 13.2 Å². The van der Waals surface area contributed by atoms with E-state index in [9.17, 15) is 13.2 Å². The van der Waals surface area contributed by atoms with Crippen LogP contribution in [0.1, 0.15) is 24.0 Å². The Morgan fingerprint density at radius 2 is 1.89 bits per heavy atom. The monoisotopic (exact) mass is 277 g/mol. The summed E-state index contributed by atoms with van der Waals surface area (Å²) in [5.41, 5.74) is -0.256. The Morgan fingerprint density at radius 1 is 1.22 bits per heavy atom. The average Bonchev–Trinajstić information content (AvgIpc) is 2.26. The van der Waals surface area contributed by atoms with Crippen molar-refractivity contribution in [3.05, 3.63) is 35.4 Å². The fraction of sp³-hybridized carbons (Fsp3) is 0.538. The molecule has 1 saturated carbocycles. The Labute approximate surface area is 109 Å². The Kier molecular flexibility index (Phi) is 4.17. The van der Waals surface area contributed by atoms with E-state index >= 15 is 0 Å². The zero-order valence-corrected chi connectivity index (χ0v) is 10.6. The third kappa shape index (κ3) is 3.39. The maximum absolute atomic E-state index is 12.7. The molecule has 100 valence electrons. The van der Waals surface area contributed by atoms with Gasteiger partial charge in [0.05, 0.1) is 5.56 Å². The van der Waals surface area contributed by atoms with Gasteiger partial charge in [-0.1, -0.05) is 18.2 Å². The van der Waals surface area contributed by atoms with Crippen LogP contribution in [0.3, 0.4) is 0 Å². The highest BCUT2D eigenvalue weighted by Crippen LogP contribution is 2.33. The second-order valence-corrected chi connectivity index (χ2v) is 5.34. The van der Waals surface area contributed by atoms with Crippen LogP contribution in [0.2, 0.25) is 0 Å². The highest BCUT2D eigenvalue weighted by molar-refractivity contribution is 6.21. The molecule has 0 heterocycles. The number of benzene rings is 1. The number of halogens is 4. The van der Waals surface area contributed by atoms with Crippen LogP contribution in [0.4, 0.5) is 13.2 Å². The zero-order valence-electron chi connectivity index (χ0n) is 9.80. The van der Waals surface area contributed by atoms with Crippen LogP contribution in [0.5, 0.6) is 0 Å². The third-order valence-electron chi connectivity index (χ3n) is 3.25. The van der Waals surface area contributed by atoms with Gasteiger partial charge < -0.3 is 5.32 Å². The van der Waals surface area contributed by atoms with E-state index in [1.165, 1.54) is 12.1 Å². The molecule has 5 heteroatoms. The lowest BCUT2D eigenvalue weighted by Gasteiger charge is -2.31. The van der Waals surface area contributed by atoms with E-state index in [0.29, 0.717) is 11.5 Å². The molecule has 1 fully saturated rings. The zero-order chi connectivity index (χ0) is 13.2. The van der Waals surface area contributed by atoms with Gasteiger partial charge in [0.1, 0.15) is 0 Å². The Bertz CT molecular complexity index is 399. The number of rotatable bonds is 4. The summed E-state index contributed by atoms with van der Waals surface area (Å²) in [4.78, 5) is 0. The van der Waals surface area contributed by atoms with Gasteiger partial charge in [-0.25, -0.2) is 0 Å². The molecule has 1 nitrogen and oxygen atoms in total. The maximum atomic E-state index is 12.7. The molecule has 1 aromatic carbocycles. The SMILES string of the molecule is FC(F)(F)c1ccccc1CNCC1CC(Cl)C1. The minimum absolute atomic E-state index is 0.249. The van der Waals surface area contributed by atoms with Crippen LogP contribution in [0.15, 0.2) is 24.3 Å². The summed E-state index contributed by atoms with van der Waals surface area (Å²) in [6, 6.07) is 5.68. The summed E-state index contributed by atoms with van der Waals surface area (Å²) in [5.74, 6) is 0.505. The normalized spacial score (nSPS) is 23.8. The summed E-state index contributed by atoms with van der Waals surface area (Å²) in [5, 5.41) is 3.33. The van der Waals surface area contributed by atoms with Crippen molar-refractivity contribution in [2.24, 2.45) is 5.92 Å². The molecule has 1 N–H and O–H groups in total. The lowest BCUT2D eigenvalue weighted by Crippen LogP contribution is -2.33. The van der Waals surface area contributed by atoms with Crippen molar-refractivity contribution in [3.8, 4) is 0 Å². The predicted octanol–water partition coefficient (Wildman–Crippen LogP) is 3.81. The summed E-state index contributed by atoms with van der Waals surface area (Å²) in [7, 11) is 0. The first-order chi connectivity index (χ1) is 8.47. The molecule has 0 bridgehead atoms. The molecule has 1 aliphatic rings. The van der Waals surface area contributed by atoms with Gasteiger partial charge in [0.2, 0.25) is 0 Å². The highest BCUT2D eigenvalue weighted by atomic mass is 35.5. The van der Waals surface area contributed by atoms with Gasteiger partial charge in [-0.3, -0.25) is 0 Å². The first-order valence-corrected chi connectivity index (χ1v) is 6.40. The van der Waals surface area contributed by atoms with E-state index < -0.39 is 11.7 Å². The summed E-state index contributed by atoms with van der Waals surface area (Å²) in [6.45, 7) is 0.981. The largest absolute Gasteiger partial charge is 0.416 e. The minimum atomic E-state index is -4.28. The van der Waals surface area contributed by atoms with Crippen molar-refractivity contribution in [1.29, 1.82) is 0 Å². The van der Waals surface area contributed by atoms with Crippen molar-refractivity contribution in [1.82, 2.24) is 5.32 Å². The fourth-order valence-corrected chi connectivity index (χ4v) is 2.69. The quantitative estimate of drug-likeness (QED) is 0.825. The predicted molar refractivity (Wildman–Crippen MR) is 65.5 cm³/mol. The molecule has 2 rings (SSSR count). The Balaban J connectivity index is 1.89. The van der Waals surface area contributed by atoms with Gasteiger partial charge in [0.25, 0.3) is 0 Å². The lowest BCUT2D eigenvalue weighted by molar-refractivity contribution is -0.138. The second-order valence-electron chi connectivity index (χ2n) is 4.72. The molecule has 0 aliphatic heterocycles. The molecule has 18 heavy (non-hydrogen) atoms. The van der Waals surface area contributed by atoms with E-state index in [-0.39, 0.29) is 11.9 Å². The number of hydrogen-bond donors (Lipinski definition) is 1. The van der Waals surface area contributed by atoms with E-state index in [0.717, 1.165) is 25.5 Å². The molecule has 0 atom stereocenters. The second kappa shape index (κ2) is 5.49. The molecular weight excluding hydrogens is 263 g/mol. The van der Waals surface area contributed by atoms with Crippen molar-refractivity contribution in [2.75, 3.05) is 6.54 Å². The van der Waals surface area contributed by atoms with Gasteiger partial charge >= 0.3 is 6.18 Å². The Morgan fingerprint density at radius 3 is 2.50 bits per heavy atom. The lowest BCUT2D eigenvalue weighted by atomic mass is 9.85. The maximum Gasteiger partial charge on any atom is 0.416 e. The summed E-state index contributed by atoms with van der Waals surface area (Å²) >= 11 is 5.85. The first-order valence-electron chi connectivity index (χ1n) is 5.96. The standard InChI is InChI=1S/C13H15ClF3N/c14-11-5-9(6-11)7-18-8-10-3-1-2-4-12(10)13(15,16)17/h1-4,9,11,18H,5-8H2. The van der Waals surface area contributed by atoms with Gasteiger partial charge in [-0.05, 0) is 36.9 Å². The molecular formula is C13H15ClF3N. The molecule has 0 amide bonds. The third-order valence-corrected chi connectivity index (χ3v) is 3.61. The first kappa shape index (κ1) is 13.7. The molecule has 0 spiro atoms. The molecule has 0 saturated heterocycles. The molecule has 0 radical (unpaired) electrons. The van der Waals surface area contributed by atoms with E-state index in [1.54, 1.807) is 6.07 Å². The number of alkyl halides is 4. The van der Waals surface area contributed by atoms with Crippen LogP contribution in [-0.4, -0.2) is 11.9 Å². The van der Waals surface area contributed by atoms with Crippen LogP contribution in [0.25, 0.3) is 0 Å². The highest BCUT2D eigenvalue weighted by Gasteiger charge is 2.33. The van der Waals surface area contributed by atoms with Crippen LogP contribution in [0, 0.1) is 5.92 Å². The topological polar surface area (TPSA) is 12.0 Å². The number of nitrogens with one attached hydrogen (secondary N) is 1. The minimum Gasteiger partial charge on any atom is -0.312 e. The smallest absolute Gasteiger partial charge is 0.312 e. The average molecular weight is 278 g/mol. The van der Waals surface area contributed by atoms with Crippen LogP contribution >= 0.6 is 11.6 Å². The molecule has 0 aromatic heterocycles. The van der Waals surface area contributed by atoms with Crippen LogP contribution in [-0.2, 0) is 12.7 Å². The van der Waals surface area contributed by atoms with Crippen molar-refractivity contribution >= 4 is 11.6 Å². The summed E-state index contributed by atoms with van der Waals surface area (Å²) in [6.07, 6.45) is -2.37. The van der Waals surface area contributed by atoms with Gasteiger partial charge in [0, 0.05) is 11.9 Å². The van der Waals surface area contributed by atoms with Gasteiger partial charge in [-0.2, -0.15) is 13.2 Å². The van der Waals surface area contributed by atoms with E-state index in [2.05, 4.69) is 5.32 Å². The fourth-order valence-electron chi connectivity index (χ4n) is 2.18. The van der Waals surface area contributed by atoms with E-state index in [1.807, 2.05) is 0 Å². The van der Waals surface area contributed by atoms with E-state index in [4.69, 9.17) is 11.6 Å². The van der Waals surface area contributed by atoms with Crippen molar-refractivity contribution in [3.63, 3.8) is 0 Å². The van der Waals surface area contributed by atoms with Gasteiger partial charge in [-0.15, -0.1) is 11.6 Å². The number of hydrogen-bond acceptors (Lipinski definition) is 1. The molecule has 1 aromatic rings.